The molecular weight excluding hydrogens is 390 g/mol. The Morgan fingerprint density at radius 1 is 1.13 bits per heavy atom. The van der Waals surface area contributed by atoms with Crippen LogP contribution in [0, 0.1) is 0 Å². The standard InChI is InChI=1S/C23H27N7O/c1-3-6-21-25-11-9-22(26-21)30-14-13-29(12-10-16(30)2)19-15-18(27-28-23(19)24)17-7-4-5-8-20(17)31/h3-9,11,15-16,31H,10,12-14H2,1-2H3,(H2,24,28)/b6-3+/t16-/m1/s1. The number of allylic oxidation sites excluding steroid dienone is 1. The fraction of sp³-hybridized carbons (Fsp3) is 0.304. The van der Waals surface area contributed by atoms with Gasteiger partial charge in [-0.1, -0.05) is 18.2 Å². The Morgan fingerprint density at radius 2 is 1.97 bits per heavy atom. The molecule has 0 spiro atoms. The molecule has 0 amide bonds. The second-order valence-electron chi connectivity index (χ2n) is 7.61. The van der Waals surface area contributed by atoms with Gasteiger partial charge >= 0.3 is 0 Å². The molecule has 4 rings (SSSR count). The van der Waals surface area contributed by atoms with Gasteiger partial charge in [0.25, 0.3) is 0 Å². The minimum atomic E-state index is 0.170. The average molecular weight is 418 g/mol. The van der Waals surface area contributed by atoms with Crippen LogP contribution in [0.5, 0.6) is 5.75 Å². The number of rotatable bonds is 4. The van der Waals surface area contributed by atoms with Gasteiger partial charge in [-0.15, -0.1) is 10.2 Å². The van der Waals surface area contributed by atoms with E-state index in [0.717, 1.165) is 37.6 Å². The number of aromatic hydroxyl groups is 1. The lowest BCUT2D eigenvalue weighted by atomic mass is 10.1. The molecule has 8 heteroatoms. The minimum Gasteiger partial charge on any atom is -0.507 e. The molecular formula is C23H27N7O. The van der Waals surface area contributed by atoms with Crippen LogP contribution in [-0.2, 0) is 0 Å². The van der Waals surface area contributed by atoms with Crippen molar-refractivity contribution >= 4 is 23.4 Å². The zero-order valence-electron chi connectivity index (χ0n) is 17.8. The van der Waals surface area contributed by atoms with Crippen LogP contribution in [0.25, 0.3) is 17.3 Å². The van der Waals surface area contributed by atoms with Crippen LogP contribution in [0.4, 0.5) is 17.3 Å². The van der Waals surface area contributed by atoms with Crippen LogP contribution in [-0.4, -0.2) is 50.9 Å². The van der Waals surface area contributed by atoms with Gasteiger partial charge in [-0.25, -0.2) is 9.97 Å². The third kappa shape index (κ3) is 4.42. The van der Waals surface area contributed by atoms with Crippen LogP contribution in [0.3, 0.4) is 0 Å². The van der Waals surface area contributed by atoms with E-state index in [1.165, 1.54) is 0 Å². The Bertz CT molecular complexity index is 1090. The molecule has 1 atom stereocenters. The Hall–Kier alpha value is -3.68. The first-order valence-corrected chi connectivity index (χ1v) is 10.5. The molecule has 1 fully saturated rings. The van der Waals surface area contributed by atoms with E-state index in [1.807, 2.05) is 43.3 Å². The van der Waals surface area contributed by atoms with E-state index >= 15 is 0 Å². The van der Waals surface area contributed by atoms with Gasteiger partial charge < -0.3 is 20.6 Å². The SMILES string of the molecule is C/C=C/c1nccc(N2CCN(c3cc(-c4ccccc4O)nnc3N)CC[C@H]2C)n1. The van der Waals surface area contributed by atoms with Crippen molar-refractivity contribution in [1.29, 1.82) is 0 Å². The van der Waals surface area contributed by atoms with Crippen molar-refractivity contribution in [3.8, 4) is 17.0 Å². The van der Waals surface area contributed by atoms with Crippen molar-refractivity contribution in [2.24, 2.45) is 0 Å². The fourth-order valence-corrected chi connectivity index (χ4v) is 3.86. The first-order chi connectivity index (χ1) is 15.1. The summed E-state index contributed by atoms with van der Waals surface area (Å²) in [5.41, 5.74) is 8.27. The molecule has 0 unspecified atom stereocenters. The minimum absolute atomic E-state index is 0.170. The van der Waals surface area contributed by atoms with E-state index in [4.69, 9.17) is 10.7 Å². The van der Waals surface area contributed by atoms with Crippen molar-refractivity contribution < 1.29 is 5.11 Å². The molecule has 0 radical (unpaired) electrons. The zero-order valence-corrected chi connectivity index (χ0v) is 17.8. The number of hydrogen-bond donors (Lipinski definition) is 2. The van der Waals surface area contributed by atoms with Crippen molar-refractivity contribution in [2.45, 2.75) is 26.3 Å². The van der Waals surface area contributed by atoms with Crippen molar-refractivity contribution in [1.82, 2.24) is 20.2 Å². The first-order valence-electron chi connectivity index (χ1n) is 10.5. The Labute approximate surface area is 182 Å². The second kappa shape index (κ2) is 8.99. The highest BCUT2D eigenvalue weighted by Gasteiger charge is 2.24. The summed E-state index contributed by atoms with van der Waals surface area (Å²) in [6.07, 6.45) is 6.59. The van der Waals surface area contributed by atoms with Crippen LogP contribution in [0.1, 0.15) is 26.1 Å². The topological polar surface area (TPSA) is 104 Å². The number of hydrogen-bond acceptors (Lipinski definition) is 8. The summed E-state index contributed by atoms with van der Waals surface area (Å²) >= 11 is 0. The lowest BCUT2D eigenvalue weighted by Crippen LogP contribution is -2.35. The number of nitrogens with two attached hydrogens (primary N) is 1. The Balaban J connectivity index is 1.59. The number of nitrogens with zero attached hydrogens (tertiary/aromatic N) is 6. The van der Waals surface area contributed by atoms with E-state index in [-0.39, 0.29) is 5.75 Å². The average Bonchev–Trinajstić information content (AvgIpc) is 2.97. The van der Waals surface area contributed by atoms with E-state index in [2.05, 4.69) is 31.9 Å². The maximum absolute atomic E-state index is 10.2. The van der Waals surface area contributed by atoms with Crippen LogP contribution >= 0.6 is 0 Å². The van der Waals surface area contributed by atoms with E-state index in [0.29, 0.717) is 28.9 Å². The van der Waals surface area contributed by atoms with E-state index < -0.39 is 0 Å². The lowest BCUT2D eigenvalue weighted by Gasteiger charge is -2.28. The van der Waals surface area contributed by atoms with E-state index in [1.54, 1.807) is 18.3 Å². The molecule has 0 aliphatic carbocycles. The molecule has 1 aliphatic heterocycles. The summed E-state index contributed by atoms with van der Waals surface area (Å²) in [6.45, 7) is 6.56. The number of phenolic OH excluding ortho intramolecular Hbond substituents is 1. The number of benzene rings is 1. The lowest BCUT2D eigenvalue weighted by molar-refractivity contribution is 0.477. The highest BCUT2D eigenvalue weighted by Crippen LogP contribution is 2.32. The summed E-state index contributed by atoms with van der Waals surface area (Å²) in [5.74, 6) is 2.19. The molecule has 0 saturated carbocycles. The molecule has 2 aromatic heterocycles. The number of para-hydroxylation sites is 1. The summed E-state index contributed by atoms with van der Waals surface area (Å²) in [5, 5.41) is 18.6. The predicted molar refractivity (Wildman–Crippen MR) is 124 cm³/mol. The van der Waals surface area contributed by atoms with Gasteiger partial charge in [-0.05, 0) is 50.6 Å². The van der Waals surface area contributed by atoms with Gasteiger partial charge in [-0.3, -0.25) is 0 Å². The number of phenols is 1. The summed E-state index contributed by atoms with van der Waals surface area (Å²) in [7, 11) is 0. The largest absolute Gasteiger partial charge is 0.507 e. The first kappa shape index (κ1) is 20.6. The zero-order chi connectivity index (χ0) is 21.8. The molecule has 160 valence electrons. The third-order valence-corrected chi connectivity index (χ3v) is 5.55. The van der Waals surface area contributed by atoms with Gasteiger partial charge in [0.1, 0.15) is 11.6 Å². The smallest absolute Gasteiger partial charge is 0.169 e. The van der Waals surface area contributed by atoms with Gasteiger partial charge in [-0.2, -0.15) is 0 Å². The van der Waals surface area contributed by atoms with E-state index in [9.17, 15) is 5.11 Å². The molecule has 1 aliphatic rings. The number of aromatic nitrogens is 4. The Morgan fingerprint density at radius 3 is 2.77 bits per heavy atom. The monoisotopic (exact) mass is 417 g/mol. The summed E-state index contributed by atoms with van der Waals surface area (Å²) < 4.78 is 0. The second-order valence-corrected chi connectivity index (χ2v) is 7.61. The van der Waals surface area contributed by atoms with Gasteiger partial charge in [0.2, 0.25) is 0 Å². The quantitative estimate of drug-likeness (QED) is 0.666. The highest BCUT2D eigenvalue weighted by atomic mass is 16.3. The van der Waals surface area contributed by atoms with Crippen molar-refractivity contribution in [2.75, 3.05) is 35.2 Å². The number of anilines is 3. The molecule has 3 heterocycles. The van der Waals surface area contributed by atoms with Gasteiger partial charge in [0.05, 0.1) is 11.4 Å². The third-order valence-electron chi connectivity index (χ3n) is 5.55. The van der Waals surface area contributed by atoms with Gasteiger partial charge in [0.15, 0.2) is 11.6 Å². The van der Waals surface area contributed by atoms with Crippen LogP contribution in [0.15, 0.2) is 48.7 Å². The molecule has 8 nitrogen and oxygen atoms in total. The number of nitrogen functional groups attached to an aromatic ring is 1. The normalized spacial score (nSPS) is 17.2. The molecule has 1 aromatic carbocycles. The summed E-state index contributed by atoms with van der Waals surface area (Å²) in [4.78, 5) is 13.5. The van der Waals surface area contributed by atoms with Crippen LogP contribution < -0.4 is 15.5 Å². The maximum atomic E-state index is 10.2. The Kier molecular flexibility index (Phi) is 5.97. The maximum Gasteiger partial charge on any atom is 0.169 e. The molecule has 0 bridgehead atoms. The predicted octanol–water partition coefficient (Wildman–Crippen LogP) is 3.36. The molecule has 31 heavy (non-hydrogen) atoms. The molecule has 1 saturated heterocycles. The van der Waals surface area contributed by atoms with Crippen molar-refractivity contribution in [3.63, 3.8) is 0 Å². The van der Waals surface area contributed by atoms with Gasteiger partial charge in [0, 0.05) is 37.4 Å². The fourth-order valence-electron chi connectivity index (χ4n) is 3.86. The van der Waals surface area contributed by atoms with Crippen LogP contribution in [0.2, 0.25) is 0 Å². The van der Waals surface area contributed by atoms with Crippen molar-refractivity contribution in [3.05, 3.63) is 54.5 Å². The summed E-state index contributed by atoms with van der Waals surface area (Å²) in [6, 6.07) is 11.3. The highest BCUT2D eigenvalue weighted by molar-refractivity contribution is 5.74. The molecule has 3 aromatic rings. The molecule has 3 N–H and O–H groups in total.